The van der Waals surface area contributed by atoms with Gasteiger partial charge in [0.2, 0.25) is 35.4 Å². The summed E-state index contributed by atoms with van der Waals surface area (Å²) in [7, 11) is 0. The molecule has 14 heteroatoms. The number of amides is 8. The normalized spacial score (nSPS) is 23.4. The van der Waals surface area contributed by atoms with Crippen LogP contribution in [0.2, 0.25) is 0 Å². The maximum absolute atomic E-state index is 13.2. The summed E-state index contributed by atoms with van der Waals surface area (Å²) in [6, 6.07) is 3.68. The number of benzene rings is 1. The summed E-state index contributed by atoms with van der Waals surface area (Å²) in [6.07, 6.45) is 7.79. The third-order valence-corrected chi connectivity index (χ3v) is 10.2. The van der Waals surface area contributed by atoms with Gasteiger partial charge in [0.1, 0.15) is 12.1 Å². The first kappa shape index (κ1) is 34.7. The van der Waals surface area contributed by atoms with Gasteiger partial charge in [-0.2, -0.15) is 0 Å². The third-order valence-electron chi connectivity index (χ3n) is 10.2. The highest BCUT2D eigenvalue weighted by atomic mass is 16.2. The topological polar surface area (TPSA) is 191 Å². The molecule has 0 radical (unpaired) electrons. The Labute approximate surface area is 289 Å². The van der Waals surface area contributed by atoms with Gasteiger partial charge in [0, 0.05) is 78.3 Å². The van der Waals surface area contributed by atoms with Crippen molar-refractivity contribution in [3.8, 4) is 0 Å². The van der Waals surface area contributed by atoms with Gasteiger partial charge in [0.15, 0.2) is 0 Å². The fourth-order valence-electron chi connectivity index (χ4n) is 7.42. The number of rotatable bonds is 12. The number of carbonyl (C=O) groups is 8. The zero-order chi connectivity index (χ0) is 35.5. The van der Waals surface area contributed by atoms with E-state index in [-0.39, 0.29) is 80.1 Å². The lowest BCUT2D eigenvalue weighted by Crippen LogP contribution is -2.52. The van der Waals surface area contributed by atoms with Crippen molar-refractivity contribution in [2.45, 2.75) is 103 Å². The molecule has 14 nitrogen and oxygen atoms in total. The summed E-state index contributed by atoms with van der Waals surface area (Å²) < 4.78 is 0. The van der Waals surface area contributed by atoms with Crippen molar-refractivity contribution in [3.63, 3.8) is 0 Å². The highest BCUT2D eigenvalue weighted by Crippen LogP contribution is 2.37. The quantitative estimate of drug-likeness (QED) is 0.190. The maximum Gasteiger partial charge on any atom is 0.255 e. The molecular weight excluding hydrogens is 644 g/mol. The molecule has 0 aromatic heterocycles. The average Bonchev–Trinajstić information content (AvgIpc) is 3.58. The van der Waals surface area contributed by atoms with Crippen LogP contribution in [0.4, 0.5) is 5.69 Å². The zero-order valence-corrected chi connectivity index (χ0v) is 28.1. The molecule has 3 saturated heterocycles. The van der Waals surface area contributed by atoms with Crippen LogP contribution in [0.3, 0.4) is 0 Å². The SMILES string of the molecule is CC1CC=C2C(=O)N(C3CCC(=O)NC3=O)CC2=C1NC(=O)CCCCCCCC(=O)Nc1cccc2c1CN(C1CCC(=O)NC1=O)C2=O. The van der Waals surface area contributed by atoms with Crippen molar-refractivity contribution in [1.29, 1.82) is 0 Å². The van der Waals surface area contributed by atoms with Crippen LogP contribution in [0.1, 0.15) is 99.9 Å². The molecule has 0 spiro atoms. The fraction of sp³-hybridized carbons (Fsp3) is 0.500. The van der Waals surface area contributed by atoms with Crippen molar-refractivity contribution < 1.29 is 38.4 Å². The van der Waals surface area contributed by atoms with E-state index in [9.17, 15) is 38.4 Å². The first-order valence-electron chi connectivity index (χ1n) is 17.5. The van der Waals surface area contributed by atoms with Gasteiger partial charge in [-0.05, 0) is 44.2 Å². The lowest BCUT2D eigenvalue weighted by Gasteiger charge is -2.29. The minimum Gasteiger partial charge on any atom is -0.329 e. The molecule has 0 saturated carbocycles. The number of unbranched alkanes of at least 4 members (excludes halogenated alkanes) is 4. The van der Waals surface area contributed by atoms with E-state index in [0.717, 1.165) is 30.5 Å². The Morgan fingerprint density at radius 2 is 1.34 bits per heavy atom. The molecule has 4 aliphatic heterocycles. The van der Waals surface area contributed by atoms with Crippen molar-refractivity contribution in [1.82, 2.24) is 25.8 Å². The standard InChI is InChI=1S/C36H42N6O8/c1-20-12-13-22-24(19-42(36(22)50)27-15-17-31(46)40-34(27)48)32(20)38-29(44)11-6-4-2-3-5-10-28(43)37-25-9-7-8-21-23(25)18-41(35(21)49)26-14-16-30(45)39-33(26)47/h7-9,13,20,26-27H,2-6,10-12,14-19H2,1H3,(H,37,43)(H,38,44)(H,39,45,47)(H,40,46,48). The zero-order valence-electron chi connectivity index (χ0n) is 28.1. The van der Waals surface area contributed by atoms with E-state index in [1.165, 1.54) is 9.80 Å². The van der Waals surface area contributed by atoms with Crippen LogP contribution in [0, 0.1) is 5.92 Å². The molecule has 50 heavy (non-hydrogen) atoms. The molecule has 4 N–H and O–H groups in total. The number of piperidine rings is 2. The number of hydrogen-bond acceptors (Lipinski definition) is 8. The van der Waals surface area contributed by atoms with Crippen LogP contribution >= 0.6 is 0 Å². The molecule has 1 aromatic carbocycles. The molecule has 1 aliphatic carbocycles. The van der Waals surface area contributed by atoms with Gasteiger partial charge in [0.25, 0.3) is 11.8 Å². The smallest absolute Gasteiger partial charge is 0.255 e. The maximum atomic E-state index is 13.2. The van der Waals surface area contributed by atoms with Gasteiger partial charge in [-0.1, -0.05) is 38.3 Å². The lowest BCUT2D eigenvalue weighted by molar-refractivity contribution is -0.142. The number of nitrogens with one attached hydrogen (secondary N) is 4. The third kappa shape index (κ3) is 7.24. The van der Waals surface area contributed by atoms with E-state index in [4.69, 9.17) is 0 Å². The summed E-state index contributed by atoms with van der Waals surface area (Å²) in [6.45, 7) is 2.39. The first-order chi connectivity index (χ1) is 24.0. The van der Waals surface area contributed by atoms with Gasteiger partial charge >= 0.3 is 0 Å². The van der Waals surface area contributed by atoms with Crippen molar-refractivity contribution in [3.05, 3.63) is 52.2 Å². The van der Waals surface area contributed by atoms with Crippen molar-refractivity contribution >= 4 is 52.9 Å². The minimum atomic E-state index is -0.725. The molecular formula is C36H42N6O8. The Morgan fingerprint density at radius 3 is 1.96 bits per heavy atom. The van der Waals surface area contributed by atoms with Crippen LogP contribution in [0.5, 0.6) is 0 Å². The van der Waals surface area contributed by atoms with Crippen molar-refractivity contribution in [2.24, 2.45) is 5.92 Å². The number of carbonyl (C=O) groups excluding carboxylic acids is 8. The van der Waals surface area contributed by atoms with Crippen LogP contribution in [-0.4, -0.2) is 75.7 Å². The Hall–Kier alpha value is -5.14. The number of hydrogen-bond donors (Lipinski definition) is 4. The number of imide groups is 2. The van der Waals surface area contributed by atoms with Crippen molar-refractivity contribution in [2.75, 3.05) is 11.9 Å². The number of anilines is 1. The molecule has 5 aliphatic rings. The Morgan fingerprint density at radius 1 is 0.760 bits per heavy atom. The summed E-state index contributed by atoms with van der Waals surface area (Å²) in [5.74, 6) is -2.47. The highest BCUT2D eigenvalue weighted by molar-refractivity contribution is 6.08. The molecule has 8 amide bonds. The Bertz CT molecular complexity index is 1730. The van der Waals surface area contributed by atoms with Gasteiger partial charge < -0.3 is 20.4 Å². The van der Waals surface area contributed by atoms with Gasteiger partial charge in [-0.25, -0.2) is 0 Å². The monoisotopic (exact) mass is 686 g/mol. The predicted molar refractivity (Wildman–Crippen MR) is 178 cm³/mol. The van der Waals surface area contributed by atoms with E-state index >= 15 is 0 Å². The summed E-state index contributed by atoms with van der Waals surface area (Å²) in [5.41, 5.74) is 3.62. The van der Waals surface area contributed by atoms with Gasteiger partial charge in [0.05, 0.1) is 0 Å². The molecule has 3 unspecified atom stereocenters. The molecule has 3 fully saturated rings. The van der Waals surface area contributed by atoms with Crippen LogP contribution < -0.4 is 21.3 Å². The second-order valence-corrected chi connectivity index (χ2v) is 13.6. The number of likely N-dealkylation sites (tertiary alicyclic amines) is 1. The van der Waals surface area contributed by atoms with E-state index in [0.29, 0.717) is 54.5 Å². The Balaban J connectivity index is 0.914. The van der Waals surface area contributed by atoms with Crippen LogP contribution in [-0.2, 0) is 40.1 Å². The molecule has 264 valence electrons. The van der Waals surface area contributed by atoms with E-state index in [1.54, 1.807) is 18.2 Å². The van der Waals surface area contributed by atoms with Crippen LogP contribution in [0.25, 0.3) is 0 Å². The second kappa shape index (κ2) is 14.8. The number of fused-ring (bicyclic) bond motifs is 2. The summed E-state index contributed by atoms with van der Waals surface area (Å²) in [4.78, 5) is 103. The second-order valence-electron chi connectivity index (χ2n) is 13.6. The molecule has 0 bridgehead atoms. The molecule has 3 atom stereocenters. The van der Waals surface area contributed by atoms with E-state index < -0.39 is 23.9 Å². The average molecular weight is 687 g/mol. The Kier molecular flexibility index (Phi) is 10.3. The summed E-state index contributed by atoms with van der Waals surface area (Å²) >= 11 is 0. The van der Waals surface area contributed by atoms with Crippen LogP contribution in [0.15, 0.2) is 41.1 Å². The summed E-state index contributed by atoms with van der Waals surface area (Å²) in [5, 5.41) is 10.6. The molecule has 1 aromatic rings. The first-order valence-corrected chi connectivity index (χ1v) is 17.5. The van der Waals surface area contributed by atoms with Gasteiger partial charge in [-0.15, -0.1) is 0 Å². The van der Waals surface area contributed by atoms with E-state index in [2.05, 4.69) is 21.3 Å². The minimum absolute atomic E-state index is 0.0139. The van der Waals surface area contributed by atoms with E-state index in [1.807, 2.05) is 13.0 Å². The number of allylic oxidation sites excluding steroid dienone is 2. The molecule has 4 heterocycles. The van der Waals surface area contributed by atoms with Gasteiger partial charge in [-0.3, -0.25) is 49.0 Å². The predicted octanol–water partition coefficient (Wildman–Crippen LogP) is 2.10. The highest BCUT2D eigenvalue weighted by Gasteiger charge is 2.43. The molecule has 6 rings (SSSR count). The number of nitrogens with zero attached hydrogens (tertiary/aromatic N) is 2. The fourth-order valence-corrected chi connectivity index (χ4v) is 7.42. The largest absolute Gasteiger partial charge is 0.329 e. The lowest BCUT2D eigenvalue weighted by atomic mass is 9.89.